The smallest absolute Gasteiger partial charge is 0.243 e. The SMILES string of the molecule is Cc1ccc(S(=O)(=O)N2C[C@@H]3[C@@H](CN4CCCC4)CO[C@@H]3C2)cc1. The monoisotopic (exact) mass is 350 g/mol. The number of benzene rings is 1. The van der Waals surface area contributed by atoms with Crippen LogP contribution in [0.1, 0.15) is 18.4 Å². The fraction of sp³-hybridized carbons (Fsp3) is 0.667. The maximum Gasteiger partial charge on any atom is 0.243 e. The molecule has 3 saturated heterocycles. The van der Waals surface area contributed by atoms with Crippen molar-refractivity contribution >= 4 is 10.0 Å². The Morgan fingerprint density at radius 1 is 1.12 bits per heavy atom. The van der Waals surface area contributed by atoms with Crippen LogP contribution in [-0.2, 0) is 14.8 Å². The first-order valence-corrected chi connectivity index (χ1v) is 10.4. The standard InChI is InChI=1S/C18H26N2O3S/c1-14-4-6-16(7-5-14)24(21,22)20-11-17-15(13-23-18(17)12-20)10-19-8-2-3-9-19/h4-7,15,17-18H,2-3,8-13H2,1H3/t15-,17+,18+/m0/s1. The molecule has 0 aliphatic carbocycles. The minimum atomic E-state index is -3.41. The van der Waals surface area contributed by atoms with Crippen LogP contribution in [0.2, 0.25) is 0 Å². The fourth-order valence-corrected chi connectivity index (χ4v) is 5.79. The van der Waals surface area contributed by atoms with Crippen LogP contribution < -0.4 is 0 Å². The third kappa shape index (κ3) is 3.01. The van der Waals surface area contributed by atoms with E-state index in [0.29, 0.717) is 29.8 Å². The molecule has 3 aliphatic heterocycles. The van der Waals surface area contributed by atoms with Crippen LogP contribution in [0.3, 0.4) is 0 Å². The van der Waals surface area contributed by atoms with Gasteiger partial charge in [-0.05, 0) is 45.0 Å². The molecule has 0 saturated carbocycles. The van der Waals surface area contributed by atoms with Gasteiger partial charge in [-0.2, -0.15) is 4.31 Å². The molecule has 0 unspecified atom stereocenters. The Labute approximate surface area is 144 Å². The van der Waals surface area contributed by atoms with Gasteiger partial charge in [-0.25, -0.2) is 8.42 Å². The first kappa shape index (κ1) is 16.5. The maximum absolute atomic E-state index is 12.9. The van der Waals surface area contributed by atoms with Crippen LogP contribution in [0.4, 0.5) is 0 Å². The summed E-state index contributed by atoms with van der Waals surface area (Å²) in [6.07, 6.45) is 2.64. The molecule has 1 aromatic rings. The van der Waals surface area contributed by atoms with Crippen molar-refractivity contribution in [3.63, 3.8) is 0 Å². The van der Waals surface area contributed by atoms with Gasteiger partial charge in [-0.1, -0.05) is 17.7 Å². The predicted molar refractivity (Wildman–Crippen MR) is 92.3 cm³/mol. The molecule has 3 atom stereocenters. The largest absolute Gasteiger partial charge is 0.376 e. The Bertz CT molecular complexity index is 683. The number of rotatable bonds is 4. The molecule has 3 heterocycles. The third-order valence-electron chi connectivity index (χ3n) is 5.76. The second-order valence-electron chi connectivity index (χ2n) is 7.44. The molecule has 3 fully saturated rings. The van der Waals surface area contributed by atoms with Gasteiger partial charge in [0, 0.05) is 31.5 Å². The zero-order chi connectivity index (χ0) is 16.7. The summed E-state index contributed by atoms with van der Waals surface area (Å²) in [6, 6.07) is 7.13. The number of fused-ring (bicyclic) bond motifs is 1. The van der Waals surface area contributed by atoms with E-state index in [2.05, 4.69) is 4.90 Å². The zero-order valence-corrected chi connectivity index (χ0v) is 15.0. The van der Waals surface area contributed by atoms with Crippen LogP contribution in [0.15, 0.2) is 29.2 Å². The molecule has 0 spiro atoms. The van der Waals surface area contributed by atoms with Crippen molar-refractivity contribution in [2.45, 2.75) is 30.8 Å². The Morgan fingerprint density at radius 3 is 2.54 bits per heavy atom. The van der Waals surface area contributed by atoms with E-state index >= 15 is 0 Å². The van der Waals surface area contributed by atoms with Crippen molar-refractivity contribution in [2.75, 3.05) is 39.3 Å². The molecule has 0 amide bonds. The van der Waals surface area contributed by atoms with E-state index in [1.165, 1.54) is 25.9 Å². The summed E-state index contributed by atoms with van der Waals surface area (Å²) in [4.78, 5) is 2.90. The van der Waals surface area contributed by atoms with Gasteiger partial charge in [-0.3, -0.25) is 0 Å². The van der Waals surface area contributed by atoms with E-state index in [-0.39, 0.29) is 6.10 Å². The van der Waals surface area contributed by atoms with E-state index in [0.717, 1.165) is 18.7 Å². The van der Waals surface area contributed by atoms with Crippen LogP contribution in [-0.4, -0.2) is 63.1 Å². The van der Waals surface area contributed by atoms with Gasteiger partial charge >= 0.3 is 0 Å². The molecule has 1 aromatic carbocycles. The Hall–Kier alpha value is -0.950. The molecular formula is C18H26N2O3S. The van der Waals surface area contributed by atoms with Crippen LogP contribution >= 0.6 is 0 Å². The van der Waals surface area contributed by atoms with Gasteiger partial charge in [0.1, 0.15) is 0 Å². The molecule has 0 radical (unpaired) electrons. The molecular weight excluding hydrogens is 324 g/mol. The Balaban J connectivity index is 1.46. The summed E-state index contributed by atoms with van der Waals surface area (Å²) in [7, 11) is -3.41. The highest BCUT2D eigenvalue weighted by molar-refractivity contribution is 7.89. The molecule has 6 heteroatoms. The average Bonchev–Trinajstić information content (AvgIpc) is 3.27. The molecule has 24 heavy (non-hydrogen) atoms. The van der Waals surface area contributed by atoms with Gasteiger partial charge in [0.25, 0.3) is 0 Å². The van der Waals surface area contributed by atoms with Gasteiger partial charge in [0.2, 0.25) is 10.0 Å². The molecule has 5 nitrogen and oxygen atoms in total. The number of sulfonamides is 1. The first-order valence-electron chi connectivity index (χ1n) is 8.95. The second kappa shape index (κ2) is 6.41. The van der Waals surface area contributed by atoms with Crippen LogP contribution in [0.5, 0.6) is 0 Å². The van der Waals surface area contributed by atoms with E-state index in [1.54, 1.807) is 16.4 Å². The number of aryl methyl sites for hydroxylation is 1. The van der Waals surface area contributed by atoms with Crippen molar-refractivity contribution in [1.29, 1.82) is 0 Å². The first-order chi connectivity index (χ1) is 11.5. The summed E-state index contributed by atoms with van der Waals surface area (Å²) in [5.41, 5.74) is 1.07. The van der Waals surface area contributed by atoms with Crippen LogP contribution in [0, 0.1) is 18.8 Å². The van der Waals surface area contributed by atoms with E-state index < -0.39 is 10.0 Å². The summed E-state index contributed by atoms with van der Waals surface area (Å²) in [5.74, 6) is 0.803. The van der Waals surface area contributed by atoms with Gasteiger partial charge in [0.05, 0.1) is 17.6 Å². The minimum Gasteiger partial charge on any atom is -0.376 e. The lowest BCUT2D eigenvalue weighted by atomic mass is 9.93. The number of hydrogen-bond acceptors (Lipinski definition) is 4. The average molecular weight is 350 g/mol. The zero-order valence-electron chi connectivity index (χ0n) is 14.2. The van der Waals surface area contributed by atoms with Crippen molar-refractivity contribution < 1.29 is 13.2 Å². The Kier molecular flexibility index (Phi) is 4.41. The normalized spacial score (nSPS) is 31.6. The molecule has 0 aromatic heterocycles. The second-order valence-corrected chi connectivity index (χ2v) is 9.38. The van der Waals surface area contributed by atoms with Crippen LogP contribution in [0.25, 0.3) is 0 Å². The summed E-state index contributed by atoms with van der Waals surface area (Å²) in [6.45, 7) is 7.26. The molecule has 132 valence electrons. The number of likely N-dealkylation sites (tertiary alicyclic amines) is 1. The lowest BCUT2D eigenvalue weighted by Gasteiger charge is -2.24. The van der Waals surface area contributed by atoms with Crippen molar-refractivity contribution in [3.05, 3.63) is 29.8 Å². The summed E-state index contributed by atoms with van der Waals surface area (Å²) >= 11 is 0. The van der Waals surface area contributed by atoms with E-state index in [4.69, 9.17) is 4.74 Å². The lowest BCUT2D eigenvalue weighted by molar-refractivity contribution is 0.101. The summed E-state index contributed by atoms with van der Waals surface area (Å²) in [5, 5.41) is 0. The minimum absolute atomic E-state index is 0.0674. The quantitative estimate of drug-likeness (QED) is 0.830. The third-order valence-corrected chi connectivity index (χ3v) is 7.60. The number of ether oxygens (including phenoxy) is 1. The highest BCUT2D eigenvalue weighted by atomic mass is 32.2. The molecule has 0 N–H and O–H groups in total. The highest BCUT2D eigenvalue weighted by Crippen LogP contribution is 2.37. The van der Waals surface area contributed by atoms with Gasteiger partial charge in [0.15, 0.2) is 0 Å². The van der Waals surface area contributed by atoms with Crippen molar-refractivity contribution in [2.24, 2.45) is 11.8 Å². The summed E-state index contributed by atoms with van der Waals surface area (Å²) < 4.78 is 33.4. The molecule has 3 aliphatic rings. The van der Waals surface area contributed by atoms with E-state index in [9.17, 15) is 8.42 Å². The maximum atomic E-state index is 12.9. The molecule has 4 rings (SSSR count). The van der Waals surface area contributed by atoms with Gasteiger partial charge in [-0.15, -0.1) is 0 Å². The van der Waals surface area contributed by atoms with Gasteiger partial charge < -0.3 is 9.64 Å². The lowest BCUT2D eigenvalue weighted by Crippen LogP contribution is -2.34. The number of nitrogens with zero attached hydrogens (tertiary/aromatic N) is 2. The highest BCUT2D eigenvalue weighted by Gasteiger charge is 2.47. The molecule has 0 bridgehead atoms. The predicted octanol–water partition coefficient (Wildman–Crippen LogP) is 1.73. The number of hydrogen-bond donors (Lipinski definition) is 0. The fourth-order valence-electron chi connectivity index (χ4n) is 4.30. The Morgan fingerprint density at radius 2 is 1.83 bits per heavy atom. The van der Waals surface area contributed by atoms with E-state index in [1.807, 2.05) is 19.1 Å². The van der Waals surface area contributed by atoms with Crippen molar-refractivity contribution in [1.82, 2.24) is 9.21 Å². The topological polar surface area (TPSA) is 49.9 Å². The van der Waals surface area contributed by atoms with Crippen molar-refractivity contribution in [3.8, 4) is 0 Å².